The molecule has 1 aromatic carbocycles. The monoisotopic (exact) mass is 361 g/mol. The number of nitrogens with two attached hydrogens (primary N) is 1. The highest BCUT2D eigenvalue weighted by atomic mass is 79.9. The Kier molecular flexibility index (Phi) is 4.73. The molecule has 1 unspecified atom stereocenters. The molecule has 0 saturated carbocycles. The summed E-state index contributed by atoms with van der Waals surface area (Å²) < 4.78 is 27.3. The van der Waals surface area contributed by atoms with E-state index >= 15 is 0 Å². The van der Waals surface area contributed by atoms with Crippen LogP contribution in [0.1, 0.15) is 12.8 Å². The van der Waals surface area contributed by atoms with E-state index < -0.39 is 10.0 Å². The molecule has 5 nitrogen and oxygen atoms in total. The molecule has 2 rings (SSSR count). The smallest absolute Gasteiger partial charge is 0.244 e. The van der Waals surface area contributed by atoms with E-state index in [1.165, 1.54) is 4.31 Å². The van der Waals surface area contributed by atoms with E-state index in [4.69, 9.17) is 5.73 Å². The molecule has 1 aromatic rings. The molecule has 1 fully saturated rings. The zero-order valence-electron chi connectivity index (χ0n) is 11.7. The van der Waals surface area contributed by atoms with Gasteiger partial charge in [0, 0.05) is 24.1 Å². The molecule has 1 aliphatic rings. The molecule has 2 N–H and O–H groups in total. The van der Waals surface area contributed by atoms with Gasteiger partial charge in [-0.1, -0.05) is 15.9 Å². The first-order valence-corrected chi connectivity index (χ1v) is 8.77. The van der Waals surface area contributed by atoms with Crippen LogP contribution < -0.4 is 5.73 Å². The van der Waals surface area contributed by atoms with E-state index in [1.54, 1.807) is 25.2 Å². The molecule has 1 aliphatic heterocycles. The molecule has 112 valence electrons. The van der Waals surface area contributed by atoms with Crippen LogP contribution in [0.2, 0.25) is 0 Å². The van der Waals surface area contributed by atoms with Gasteiger partial charge in [-0.25, -0.2) is 8.42 Å². The predicted octanol–water partition coefficient (Wildman–Crippen LogP) is 1.75. The van der Waals surface area contributed by atoms with Gasteiger partial charge in [0.1, 0.15) is 4.90 Å². The first kappa shape index (κ1) is 15.8. The van der Waals surface area contributed by atoms with Gasteiger partial charge in [-0.15, -0.1) is 0 Å². The van der Waals surface area contributed by atoms with Crippen LogP contribution in [-0.2, 0) is 10.0 Å². The van der Waals surface area contributed by atoms with Crippen LogP contribution in [0.25, 0.3) is 0 Å². The van der Waals surface area contributed by atoms with E-state index in [9.17, 15) is 8.42 Å². The lowest BCUT2D eigenvalue weighted by atomic mass is 10.2. The minimum absolute atomic E-state index is 0.170. The maximum atomic E-state index is 12.6. The van der Waals surface area contributed by atoms with Gasteiger partial charge < -0.3 is 10.6 Å². The minimum atomic E-state index is -3.54. The van der Waals surface area contributed by atoms with Crippen LogP contribution >= 0.6 is 15.9 Å². The first-order chi connectivity index (χ1) is 9.32. The van der Waals surface area contributed by atoms with Crippen molar-refractivity contribution in [2.75, 3.05) is 32.9 Å². The Balaban J connectivity index is 2.20. The van der Waals surface area contributed by atoms with Crippen LogP contribution in [-0.4, -0.2) is 50.8 Å². The summed E-state index contributed by atoms with van der Waals surface area (Å²) in [4.78, 5) is 2.38. The number of benzene rings is 1. The molecule has 7 heteroatoms. The van der Waals surface area contributed by atoms with E-state index in [1.807, 2.05) is 7.05 Å². The highest BCUT2D eigenvalue weighted by Crippen LogP contribution is 2.26. The third-order valence-electron chi connectivity index (χ3n) is 3.80. The molecule has 0 spiro atoms. The number of nitrogens with zero attached hydrogens (tertiary/aromatic N) is 2. The van der Waals surface area contributed by atoms with Crippen molar-refractivity contribution in [3.05, 3.63) is 22.7 Å². The van der Waals surface area contributed by atoms with Gasteiger partial charge in [-0.3, -0.25) is 0 Å². The van der Waals surface area contributed by atoms with E-state index in [0.29, 0.717) is 6.54 Å². The molecular weight excluding hydrogens is 342 g/mol. The second-order valence-electron chi connectivity index (χ2n) is 5.24. The van der Waals surface area contributed by atoms with Crippen molar-refractivity contribution in [1.29, 1.82) is 0 Å². The molecule has 0 bridgehead atoms. The minimum Gasteiger partial charge on any atom is -0.398 e. The van der Waals surface area contributed by atoms with Crippen LogP contribution in [0.5, 0.6) is 0 Å². The zero-order valence-corrected chi connectivity index (χ0v) is 14.1. The van der Waals surface area contributed by atoms with Gasteiger partial charge in [-0.05, 0) is 44.6 Å². The van der Waals surface area contributed by atoms with Crippen LogP contribution in [0.3, 0.4) is 0 Å². The maximum Gasteiger partial charge on any atom is 0.244 e. The van der Waals surface area contributed by atoms with Crippen LogP contribution in [0, 0.1) is 0 Å². The summed E-state index contributed by atoms with van der Waals surface area (Å²) in [6.07, 6.45) is 2.15. The van der Waals surface area contributed by atoms with Gasteiger partial charge in [0.05, 0.1) is 5.69 Å². The van der Waals surface area contributed by atoms with Gasteiger partial charge >= 0.3 is 0 Å². The van der Waals surface area contributed by atoms with Crippen molar-refractivity contribution in [1.82, 2.24) is 9.21 Å². The number of rotatable bonds is 4. The molecule has 1 heterocycles. The summed E-state index contributed by atoms with van der Waals surface area (Å²) in [5, 5.41) is 0. The first-order valence-electron chi connectivity index (χ1n) is 6.54. The number of hydrogen-bond acceptors (Lipinski definition) is 4. The number of sulfonamides is 1. The van der Waals surface area contributed by atoms with E-state index in [0.717, 1.165) is 23.9 Å². The van der Waals surface area contributed by atoms with Crippen molar-refractivity contribution in [3.63, 3.8) is 0 Å². The lowest BCUT2D eigenvalue weighted by Crippen LogP contribution is -2.39. The summed E-state index contributed by atoms with van der Waals surface area (Å²) in [5.41, 5.74) is 6.10. The van der Waals surface area contributed by atoms with E-state index in [-0.39, 0.29) is 16.6 Å². The largest absolute Gasteiger partial charge is 0.398 e. The van der Waals surface area contributed by atoms with Crippen molar-refractivity contribution in [3.8, 4) is 0 Å². The van der Waals surface area contributed by atoms with E-state index in [2.05, 4.69) is 20.8 Å². The van der Waals surface area contributed by atoms with Crippen molar-refractivity contribution in [2.45, 2.75) is 23.8 Å². The molecule has 1 atom stereocenters. The summed E-state index contributed by atoms with van der Waals surface area (Å²) in [6, 6.07) is 5.14. The molecule has 0 aromatic heterocycles. The number of hydrogen-bond donors (Lipinski definition) is 1. The van der Waals surface area contributed by atoms with Crippen molar-refractivity contribution >= 4 is 31.6 Å². The van der Waals surface area contributed by atoms with Crippen LogP contribution in [0.4, 0.5) is 5.69 Å². The molecule has 0 amide bonds. The highest BCUT2D eigenvalue weighted by molar-refractivity contribution is 9.10. The second-order valence-corrected chi connectivity index (χ2v) is 8.17. The average Bonchev–Trinajstić information content (AvgIpc) is 2.74. The quantitative estimate of drug-likeness (QED) is 0.829. The van der Waals surface area contributed by atoms with Gasteiger partial charge in [-0.2, -0.15) is 4.31 Å². The Morgan fingerprint density at radius 3 is 2.75 bits per heavy atom. The number of likely N-dealkylation sites (N-methyl/N-ethyl adjacent to an activating group) is 2. The number of likely N-dealkylation sites (tertiary alicyclic amines) is 1. The Morgan fingerprint density at radius 2 is 2.20 bits per heavy atom. The summed E-state index contributed by atoms with van der Waals surface area (Å²) in [7, 11) is 0.111. The third-order valence-corrected chi connectivity index (χ3v) is 6.19. The highest BCUT2D eigenvalue weighted by Gasteiger charge is 2.29. The van der Waals surface area contributed by atoms with Crippen molar-refractivity contribution < 1.29 is 8.42 Å². The summed E-state index contributed by atoms with van der Waals surface area (Å²) >= 11 is 3.28. The fraction of sp³-hybridized carbons (Fsp3) is 0.538. The molecule has 0 aliphatic carbocycles. The molecule has 0 radical (unpaired) electrons. The normalized spacial score (nSPS) is 20.7. The molecule has 1 saturated heterocycles. The summed E-state index contributed by atoms with van der Waals surface area (Å²) in [5.74, 6) is 0. The Labute approximate surface area is 128 Å². The average molecular weight is 362 g/mol. The van der Waals surface area contributed by atoms with Gasteiger partial charge in [0.25, 0.3) is 0 Å². The predicted molar refractivity (Wildman–Crippen MR) is 84.0 cm³/mol. The van der Waals surface area contributed by atoms with Crippen LogP contribution in [0.15, 0.2) is 27.6 Å². The Morgan fingerprint density at radius 1 is 1.50 bits per heavy atom. The van der Waals surface area contributed by atoms with Gasteiger partial charge in [0.2, 0.25) is 10.0 Å². The molecular formula is C13H20BrN3O2S. The third kappa shape index (κ3) is 3.16. The maximum absolute atomic E-state index is 12.6. The topological polar surface area (TPSA) is 66.6 Å². The lowest BCUT2D eigenvalue weighted by molar-refractivity contribution is 0.271. The number of halogens is 1. The second kappa shape index (κ2) is 6.01. The SMILES string of the molecule is CN1CCCC1CN(C)S(=O)(=O)c1ccc(Br)cc1N. The van der Waals surface area contributed by atoms with Gasteiger partial charge in [0.15, 0.2) is 0 Å². The fourth-order valence-electron chi connectivity index (χ4n) is 2.53. The molecule has 20 heavy (non-hydrogen) atoms. The standard InChI is InChI=1S/C13H20BrN3O2S/c1-16-7-3-4-11(16)9-17(2)20(18,19)13-6-5-10(14)8-12(13)15/h5-6,8,11H,3-4,7,9,15H2,1-2H3. The number of nitrogen functional groups attached to an aromatic ring is 1. The lowest BCUT2D eigenvalue weighted by Gasteiger charge is -2.25. The zero-order chi connectivity index (χ0) is 14.9. The Bertz CT molecular complexity index is 591. The Hall–Kier alpha value is -0.630. The fourth-order valence-corrected chi connectivity index (χ4v) is 4.21. The van der Waals surface area contributed by atoms with Crippen molar-refractivity contribution in [2.24, 2.45) is 0 Å². The summed E-state index contributed by atoms with van der Waals surface area (Å²) in [6.45, 7) is 1.52. The number of anilines is 1.